The maximum atomic E-state index is 12.5. The highest BCUT2D eigenvalue weighted by Crippen LogP contribution is 2.26. The Morgan fingerprint density at radius 3 is 2.70 bits per heavy atom. The Kier molecular flexibility index (Phi) is 4.14. The van der Waals surface area contributed by atoms with Crippen LogP contribution in [-0.2, 0) is 4.79 Å². The highest BCUT2D eigenvalue weighted by atomic mass is 16.5. The molecule has 23 heavy (non-hydrogen) atoms. The van der Waals surface area contributed by atoms with Crippen LogP contribution in [0.1, 0.15) is 36.0 Å². The lowest BCUT2D eigenvalue weighted by Crippen LogP contribution is -2.38. The van der Waals surface area contributed by atoms with Gasteiger partial charge >= 0.3 is 5.97 Å². The van der Waals surface area contributed by atoms with E-state index in [1.54, 1.807) is 6.20 Å². The lowest BCUT2D eigenvalue weighted by atomic mass is 9.86. The van der Waals surface area contributed by atoms with E-state index in [1.807, 2.05) is 0 Å². The Bertz CT molecular complexity index is 734. The quantitative estimate of drug-likeness (QED) is 0.783. The second-order valence-corrected chi connectivity index (χ2v) is 5.70. The first-order chi connectivity index (χ1) is 11.1. The number of hydrogen-bond donors (Lipinski definition) is 3. The van der Waals surface area contributed by atoms with Gasteiger partial charge in [-0.25, -0.2) is 4.98 Å². The van der Waals surface area contributed by atoms with Crippen molar-refractivity contribution in [2.75, 3.05) is 7.11 Å². The molecular weight excluding hydrogens is 300 g/mol. The van der Waals surface area contributed by atoms with Crippen molar-refractivity contribution < 1.29 is 19.4 Å². The van der Waals surface area contributed by atoms with Crippen molar-refractivity contribution in [1.82, 2.24) is 20.5 Å². The summed E-state index contributed by atoms with van der Waals surface area (Å²) in [6, 6.07) is -0.0156. The van der Waals surface area contributed by atoms with Gasteiger partial charge in [-0.2, -0.15) is 5.10 Å². The Balaban J connectivity index is 1.72. The largest absolute Gasteiger partial charge is 0.481 e. The standard InChI is InChI=1S/C15H18N4O4/c1-23-14-11-7-17-19-12(11)10(6-16-14)13(20)18-9-4-2-8(3-5-9)15(21)22/h6-9H,2-5H2,1H3,(H,17,19)(H,18,20)(H,21,22). The van der Waals surface area contributed by atoms with Crippen LogP contribution < -0.4 is 10.1 Å². The average molecular weight is 318 g/mol. The number of carboxylic acids is 1. The molecule has 1 aliphatic rings. The highest BCUT2D eigenvalue weighted by molar-refractivity contribution is 6.06. The minimum absolute atomic E-state index is 0.0156. The zero-order valence-electron chi connectivity index (χ0n) is 12.7. The van der Waals surface area contributed by atoms with Gasteiger partial charge in [0, 0.05) is 12.2 Å². The van der Waals surface area contributed by atoms with Crippen LogP contribution in [0.3, 0.4) is 0 Å². The summed E-state index contributed by atoms with van der Waals surface area (Å²) in [6.45, 7) is 0. The predicted octanol–water partition coefficient (Wildman–Crippen LogP) is 1.34. The number of aromatic nitrogens is 3. The third-order valence-corrected chi connectivity index (χ3v) is 4.30. The third-order valence-electron chi connectivity index (χ3n) is 4.30. The number of nitrogens with zero attached hydrogens (tertiary/aromatic N) is 2. The van der Waals surface area contributed by atoms with Crippen LogP contribution in [0.2, 0.25) is 0 Å². The highest BCUT2D eigenvalue weighted by Gasteiger charge is 2.27. The van der Waals surface area contributed by atoms with Crippen LogP contribution >= 0.6 is 0 Å². The number of hydrogen-bond acceptors (Lipinski definition) is 5. The smallest absolute Gasteiger partial charge is 0.306 e. The number of aliphatic carboxylic acids is 1. The Labute approximate surface area is 132 Å². The van der Waals surface area contributed by atoms with Crippen LogP contribution in [0.5, 0.6) is 5.88 Å². The van der Waals surface area contributed by atoms with Gasteiger partial charge in [0.15, 0.2) is 0 Å². The molecule has 1 amide bonds. The molecule has 0 spiro atoms. The molecule has 1 aliphatic carbocycles. The Morgan fingerprint density at radius 2 is 2.04 bits per heavy atom. The van der Waals surface area contributed by atoms with Gasteiger partial charge < -0.3 is 15.2 Å². The molecule has 1 saturated carbocycles. The second-order valence-electron chi connectivity index (χ2n) is 5.70. The Hall–Kier alpha value is -2.64. The average Bonchev–Trinajstić information content (AvgIpc) is 3.04. The molecule has 0 aromatic carbocycles. The number of fused-ring (bicyclic) bond motifs is 1. The molecule has 0 radical (unpaired) electrons. The van der Waals surface area contributed by atoms with Crippen molar-refractivity contribution in [3.05, 3.63) is 18.0 Å². The van der Waals surface area contributed by atoms with Crippen molar-refractivity contribution in [1.29, 1.82) is 0 Å². The first kappa shape index (κ1) is 15.3. The fourth-order valence-electron chi connectivity index (χ4n) is 2.99. The minimum atomic E-state index is -0.756. The number of nitrogens with one attached hydrogen (secondary N) is 2. The van der Waals surface area contributed by atoms with E-state index in [2.05, 4.69) is 20.5 Å². The van der Waals surface area contributed by atoms with Gasteiger partial charge in [-0.15, -0.1) is 0 Å². The van der Waals surface area contributed by atoms with E-state index < -0.39 is 5.97 Å². The number of methoxy groups -OCH3 is 1. The van der Waals surface area contributed by atoms with Crippen molar-refractivity contribution >= 4 is 22.8 Å². The predicted molar refractivity (Wildman–Crippen MR) is 81.3 cm³/mol. The van der Waals surface area contributed by atoms with Crippen molar-refractivity contribution in [2.24, 2.45) is 5.92 Å². The van der Waals surface area contributed by atoms with Gasteiger partial charge in [0.25, 0.3) is 5.91 Å². The van der Waals surface area contributed by atoms with E-state index in [0.717, 1.165) is 0 Å². The molecule has 2 aromatic heterocycles. The monoisotopic (exact) mass is 318 g/mol. The molecule has 0 bridgehead atoms. The molecule has 8 heteroatoms. The van der Waals surface area contributed by atoms with Crippen LogP contribution in [0.4, 0.5) is 0 Å². The van der Waals surface area contributed by atoms with Gasteiger partial charge in [-0.05, 0) is 25.7 Å². The normalized spacial score (nSPS) is 21.1. The number of carbonyl (C=O) groups excluding carboxylic acids is 1. The number of aromatic amines is 1. The summed E-state index contributed by atoms with van der Waals surface area (Å²) in [6.07, 6.45) is 5.52. The SMILES string of the molecule is COc1ncc(C(=O)NC2CCC(C(=O)O)CC2)c2[nH]ncc12. The number of H-pyrrole nitrogens is 1. The summed E-state index contributed by atoms with van der Waals surface area (Å²) in [7, 11) is 1.51. The van der Waals surface area contributed by atoms with Crippen molar-refractivity contribution in [2.45, 2.75) is 31.7 Å². The van der Waals surface area contributed by atoms with Gasteiger partial charge in [0.2, 0.25) is 5.88 Å². The molecule has 3 rings (SSSR count). The van der Waals surface area contributed by atoms with Crippen LogP contribution in [0.15, 0.2) is 12.4 Å². The summed E-state index contributed by atoms with van der Waals surface area (Å²) in [5.74, 6) is -0.890. The maximum absolute atomic E-state index is 12.5. The first-order valence-corrected chi connectivity index (χ1v) is 7.50. The van der Waals surface area contributed by atoms with E-state index in [9.17, 15) is 9.59 Å². The minimum Gasteiger partial charge on any atom is -0.481 e. The molecule has 2 aromatic rings. The zero-order valence-corrected chi connectivity index (χ0v) is 12.7. The molecule has 0 unspecified atom stereocenters. The summed E-state index contributed by atoms with van der Waals surface area (Å²) in [4.78, 5) is 27.6. The zero-order chi connectivity index (χ0) is 16.4. The van der Waals surface area contributed by atoms with E-state index >= 15 is 0 Å². The lowest BCUT2D eigenvalue weighted by molar-refractivity contribution is -0.142. The van der Waals surface area contributed by atoms with Crippen molar-refractivity contribution in [3.8, 4) is 5.88 Å². The molecule has 2 heterocycles. The van der Waals surface area contributed by atoms with Crippen LogP contribution in [0.25, 0.3) is 10.9 Å². The summed E-state index contributed by atoms with van der Waals surface area (Å²) < 4.78 is 5.15. The molecule has 122 valence electrons. The Morgan fingerprint density at radius 1 is 1.30 bits per heavy atom. The fourth-order valence-corrected chi connectivity index (χ4v) is 2.99. The van der Waals surface area contributed by atoms with Crippen LogP contribution in [-0.4, -0.2) is 45.3 Å². The first-order valence-electron chi connectivity index (χ1n) is 7.50. The van der Waals surface area contributed by atoms with Crippen molar-refractivity contribution in [3.63, 3.8) is 0 Å². The van der Waals surface area contributed by atoms with Crippen LogP contribution in [0, 0.1) is 5.92 Å². The number of amides is 1. The maximum Gasteiger partial charge on any atom is 0.306 e. The summed E-state index contributed by atoms with van der Waals surface area (Å²) >= 11 is 0. The van der Waals surface area contributed by atoms with Gasteiger partial charge in [-0.1, -0.05) is 0 Å². The van der Waals surface area contributed by atoms with E-state index in [1.165, 1.54) is 13.3 Å². The number of carboxylic acid groups (broad SMARTS) is 1. The van der Waals surface area contributed by atoms with E-state index in [4.69, 9.17) is 9.84 Å². The third kappa shape index (κ3) is 2.96. The topological polar surface area (TPSA) is 117 Å². The molecule has 0 atom stereocenters. The molecular formula is C15H18N4O4. The van der Waals surface area contributed by atoms with Gasteiger partial charge in [0.1, 0.15) is 0 Å². The van der Waals surface area contributed by atoms with Gasteiger partial charge in [0.05, 0.1) is 35.7 Å². The number of pyridine rings is 1. The number of carbonyl (C=O) groups is 2. The fraction of sp³-hybridized carbons (Fsp3) is 0.467. The summed E-state index contributed by atoms with van der Waals surface area (Å²) in [5.41, 5.74) is 0.979. The summed E-state index contributed by atoms with van der Waals surface area (Å²) in [5, 5.41) is 19.3. The number of ether oxygens (including phenoxy) is 1. The molecule has 0 saturated heterocycles. The molecule has 3 N–H and O–H groups in total. The lowest BCUT2D eigenvalue weighted by Gasteiger charge is -2.26. The molecule has 8 nitrogen and oxygen atoms in total. The van der Waals surface area contributed by atoms with E-state index in [0.29, 0.717) is 48.0 Å². The molecule has 1 fully saturated rings. The van der Waals surface area contributed by atoms with Gasteiger partial charge in [-0.3, -0.25) is 14.7 Å². The van der Waals surface area contributed by atoms with E-state index in [-0.39, 0.29) is 17.9 Å². The number of rotatable bonds is 4. The molecule has 0 aliphatic heterocycles. The second kappa shape index (κ2) is 6.23.